The number of anilines is 1. The van der Waals surface area contributed by atoms with Crippen LogP contribution in [0.1, 0.15) is 41.0 Å². The highest BCUT2D eigenvalue weighted by atomic mass is 32.1. The van der Waals surface area contributed by atoms with Crippen LogP contribution in [0.25, 0.3) is 4.96 Å². The minimum atomic E-state index is -0.691. The molecule has 0 aliphatic heterocycles. The van der Waals surface area contributed by atoms with Gasteiger partial charge in [-0.05, 0) is 19.1 Å². The molecule has 0 fully saturated rings. The Labute approximate surface area is 135 Å². The summed E-state index contributed by atoms with van der Waals surface area (Å²) in [6, 6.07) is 2.91. The molecule has 5 nitrogen and oxygen atoms in total. The van der Waals surface area contributed by atoms with E-state index in [-0.39, 0.29) is 11.6 Å². The lowest BCUT2D eigenvalue weighted by Gasteiger charge is -2.06. The lowest BCUT2D eigenvalue weighted by Crippen LogP contribution is -2.13. The number of fused-ring (bicyclic) bond motifs is 1. The van der Waals surface area contributed by atoms with Crippen molar-refractivity contribution in [3.8, 4) is 0 Å². The Morgan fingerprint density at radius 1 is 1.30 bits per heavy atom. The van der Waals surface area contributed by atoms with Gasteiger partial charge in [0, 0.05) is 17.7 Å². The number of amides is 1. The lowest BCUT2D eigenvalue weighted by atomic mass is 10.2. The molecule has 0 aliphatic carbocycles. The summed E-state index contributed by atoms with van der Waals surface area (Å²) in [5.41, 5.74) is 0.482. The van der Waals surface area contributed by atoms with Crippen molar-refractivity contribution in [1.29, 1.82) is 0 Å². The van der Waals surface area contributed by atoms with E-state index in [0.29, 0.717) is 15.5 Å². The average molecular weight is 336 g/mol. The number of thiazole rings is 1. The van der Waals surface area contributed by atoms with Crippen LogP contribution in [0.4, 0.5) is 14.5 Å². The van der Waals surface area contributed by atoms with E-state index in [1.165, 1.54) is 0 Å². The summed E-state index contributed by atoms with van der Waals surface area (Å²) in [6.07, 6.45) is 0. The third kappa shape index (κ3) is 2.70. The van der Waals surface area contributed by atoms with Gasteiger partial charge in [-0.2, -0.15) is 0 Å². The van der Waals surface area contributed by atoms with E-state index in [2.05, 4.69) is 15.5 Å². The van der Waals surface area contributed by atoms with Gasteiger partial charge in [-0.25, -0.2) is 8.78 Å². The Balaban J connectivity index is 1.98. The molecule has 3 aromatic rings. The number of carbonyl (C=O) groups is 1. The van der Waals surface area contributed by atoms with E-state index < -0.39 is 17.5 Å². The van der Waals surface area contributed by atoms with Gasteiger partial charge in [0.15, 0.2) is 0 Å². The van der Waals surface area contributed by atoms with Crippen LogP contribution in [0.3, 0.4) is 0 Å². The molecule has 1 aromatic carbocycles. The second-order valence-electron chi connectivity index (χ2n) is 5.43. The van der Waals surface area contributed by atoms with Crippen molar-refractivity contribution in [3.05, 3.63) is 46.2 Å². The molecule has 2 aromatic heterocycles. The Hall–Kier alpha value is -2.35. The van der Waals surface area contributed by atoms with E-state index in [0.717, 1.165) is 35.4 Å². The van der Waals surface area contributed by atoms with E-state index >= 15 is 0 Å². The maximum absolute atomic E-state index is 13.7. The summed E-state index contributed by atoms with van der Waals surface area (Å²) in [7, 11) is 0. The van der Waals surface area contributed by atoms with Gasteiger partial charge >= 0.3 is 0 Å². The molecule has 0 saturated heterocycles. The summed E-state index contributed by atoms with van der Waals surface area (Å²) in [5, 5.41) is 10.6. The third-order valence-corrected chi connectivity index (χ3v) is 4.55. The largest absolute Gasteiger partial charge is 0.319 e. The highest BCUT2D eigenvalue weighted by molar-refractivity contribution is 7.19. The molecular weight excluding hydrogens is 322 g/mol. The predicted molar refractivity (Wildman–Crippen MR) is 84.0 cm³/mol. The van der Waals surface area contributed by atoms with Crippen LogP contribution in [-0.4, -0.2) is 20.5 Å². The minimum absolute atomic E-state index is 0.148. The molecule has 0 unspecified atom stereocenters. The molecule has 0 saturated carbocycles. The number of aryl methyl sites for hydroxylation is 1. The van der Waals surface area contributed by atoms with Gasteiger partial charge in [-0.15, -0.1) is 10.2 Å². The lowest BCUT2D eigenvalue weighted by molar-refractivity contribution is 0.102. The Morgan fingerprint density at radius 2 is 2.04 bits per heavy atom. The van der Waals surface area contributed by atoms with Crippen LogP contribution in [0.5, 0.6) is 0 Å². The predicted octanol–water partition coefficient (Wildman–Crippen LogP) is 3.75. The van der Waals surface area contributed by atoms with E-state index in [1.54, 1.807) is 6.92 Å². The number of aromatic nitrogens is 3. The van der Waals surface area contributed by atoms with Crippen molar-refractivity contribution >= 4 is 27.9 Å². The number of nitrogens with zero attached hydrogens (tertiary/aromatic N) is 3. The molecule has 0 radical (unpaired) electrons. The Morgan fingerprint density at radius 3 is 2.74 bits per heavy atom. The molecule has 1 amide bonds. The normalized spacial score (nSPS) is 11.4. The first-order chi connectivity index (χ1) is 10.9. The third-order valence-electron chi connectivity index (χ3n) is 3.41. The molecule has 3 rings (SSSR count). The van der Waals surface area contributed by atoms with Gasteiger partial charge in [-0.1, -0.05) is 25.2 Å². The monoisotopic (exact) mass is 336 g/mol. The standard InChI is InChI=1S/C15H14F2N4OS/c1-7(2)13-19-20-15-21(13)8(3)12(23-15)14(22)18-11-6-9(16)4-5-10(11)17/h4-7H,1-3H3,(H,18,22). The molecule has 0 spiro atoms. The number of hydrogen-bond acceptors (Lipinski definition) is 4. The van der Waals surface area contributed by atoms with Crippen molar-refractivity contribution in [3.63, 3.8) is 0 Å². The summed E-state index contributed by atoms with van der Waals surface area (Å²) in [6.45, 7) is 5.74. The van der Waals surface area contributed by atoms with Crippen molar-refractivity contribution < 1.29 is 13.6 Å². The number of benzene rings is 1. The van der Waals surface area contributed by atoms with Crippen LogP contribution >= 0.6 is 11.3 Å². The average Bonchev–Trinajstić information content (AvgIpc) is 3.03. The smallest absolute Gasteiger partial charge is 0.267 e. The molecule has 120 valence electrons. The summed E-state index contributed by atoms with van der Waals surface area (Å²) in [5.74, 6) is -0.911. The second kappa shape index (κ2) is 5.69. The second-order valence-corrected chi connectivity index (χ2v) is 6.40. The van der Waals surface area contributed by atoms with Crippen molar-refractivity contribution in [1.82, 2.24) is 14.6 Å². The zero-order valence-electron chi connectivity index (χ0n) is 12.7. The zero-order chi connectivity index (χ0) is 16.7. The maximum atomic E-state index is 13.7. The van der Waals surface area contributed by atoms with Crippen LogP contribution in [0.15, 0.2) is 18.2 Å². The fourth-order valence-corrected chi connectivity index (χ4v) is 3.25. The highest BCUT2D eigenvalue weighted by Gasteiger charge is 2.21. The van der Waals surface area contributed by atoms with Crippen LogP contribution in [0.2, 0.25) is 0 Å². The molecule has 23 heavy (non-hydrogen) atoms. The molecule has 0 bridgehead atoms. The fourth-order valence-electron chi connectivity index (χ4n) is 2.29. The van der Waals surface area contributed by atoms with Crippen LogP contribution in [0, 0.1) is 18.6 Å². The van der Waals surface area contributed by atoms with Gasteiger partial charge in [0.2, 0.25) is 4.96 Å². The summed E-state index contributed by atoms with van der Waals surface area (Å²) >= 11 is 1.16. The topological polar surface area (TPSA) is 59.3 Å². The number of hydrogen-bond donors (Lipinski definition) is 1. The number of nitrogens with one attached hydrogen (secondary N) is 1. The Bertz CT molecular complexity index is 900. The van der Waals surface area contributed by atoms with E-state index in [4.69, 9.17) is 0 Å². The van der Waals surface area contributed by atoms with E-state index in [1.807, 2.05) is 18.2 Å². The molecule has 0 aliphatic rings. The fraction of sp³-hybridized carbons (Fsp3) is 0.267. The van der Waals surface area contributed by atoms with Crippen LogP contribution < -0.4 is 5.32 Å². The molecule has 0 atom stereocenters. The Kier molecular flexibility index (Phi) is 3.85. The maximum Gasteiger partial charge on any atom is 0.267 e. The SMILES string of the molecule is Cc1c(C(=O)Nc2cc(F)ccc2F)sc2nnc(C(C)C)n12. The summed E-state index contributed by atoms with van der Waals surface area (Å²) in [4.78, 5) is 13.4. The molecule has 2 heterocycles. The first-order valence-electron chi connectivity index (χ1n) is 6.99. The van der Waals surface area contributed by atoms with Gasteiger partial charge in [-0.3, -0.25) is 9.20 Å². The number of rotatable bonds is 3. The highest BCUT2D eigenvalue weighted by Crippen LogP contribution is 2.27. The van der Waals surface area contributed by atoms with Crippen molar-refractivity contribution in [2.75, 3.05) is 5.32 Å². The molecule has 1 N–H and O–H groups in total. The number of halogens is 2. The summed E-state index contributed by atoms with van der Waals surface area (Å²) < 4.78 is 28.7. The van der Waals surface area contributed by atoms with E-state index in [9.17, 15) is 13.6 Å². The quantitative estimate of drug-likeness (QED) is 0.792. The zero-order valence-corrected chi connectivity index (χ0v) is 13.5. The molecule has 8 heteroatoms. The first kappa shape index (κ1) is 15.5. The van der Waals surface area contributed by atoms with Crippen LogP contribution in [-0.2, 0) is 0 Å². The van der Waals surface area contributed by atoms with Crippen molar-refractivity contribution in [2.45, 2.75) is 26.7 Å². The van der Waals surface area contributed by atoms with Gasteiger partial charge in [0.05, 0.1) is 5.69 Å². The van der Waals surface area contributed by atoms with Gasteiger partial charge in [0.1, 0.15) is 22.3 Å². The minimum Gasteiger partial charge on any atom is -0.319 e. The number of carbonyl (C=O) groups excluding carboxylic acids is 1. The van der Waals surface area contributed by atoms with Gasteiger partial charge < -0.3 is 5.32 Å². The van der Waals surface area contributed by atoms with Crippen molar-refractivity contribution in [2.24, 2.45) is 0 Å². The van der Waals surface area contributed by atoms with Gasteiger partial charge in [0.25, 0.3) is 5.91 Å². The first-order valence-corrected chi connectivity index (χ1v) is 7.81. The molecular formula is C15H14F2N4OS.